The molecule has 1 N–H and O–H groups in total. The Labute approximate surface area is 105 Å². The van der Waals surface area contributed by atoms with E-state index in [1.165, 1.54) is 0 Å². The van der Waals surface area contributed by atoms with E-state index >= 15 is 0 Å². The summed E-state index contributed by atoms with van der Waals surface area (Å²) < 4.78 is 22.4. The fraction of sp³-hybridized carbons (Fsp3) is 0.917. The van der Waals surface area contributed by atoms with Gasteiger partial charge in [0.2, 0.25) is 5.91 Å². The molecule has 0 radical (unpaired) electrons. The SMILES string of the molecule is CCS(=O)(=O)CCNC(=O)CC(C)CC(C)C. The Morgan fingerprint density at radius 3 is 2.29 bits per heavy atom. The summed E-state index contributed by atoms with van der Waals surface area (Å²) in [5, 5.41) is 2.66. The predicted octanol–water partition coefficient (Wildman–Crippen LogP) is 1.61. The van der Waals surface area contributed by atoms with Gasteiger partial charge >= 0.3 is 0 Å². The van der Waals surface area contributed by atoms with Crippen LogP contribution in [0.2, 0.25) is 0 Å². The topological polar surface area (TPSA) is 63.2 Å². The van der Waals surface area contributed by atoms with Crippen molar-refractivity contribution in [3.63, 3.8) is 0 Å². The first-order chi connectivity index (χ1) is 7.76. The van der Waals surface area contributed by atoms with Crippen molar-refractivity contribution < 1.29 is 13.2 Å². The summed E-state index contributed by atoms with van der Waals surface area (Å²) >= 11 is 0. The molecule has 0 aromatic carbocycles. The Morgan fingerprint density at radius 1 is 1.24 bits per heavy atom. The van der Waals surface area contributed by atoms with Gasteiger partial charge in [-0.1, -0.05) is 27.7 Å². The van der Waals surface area contributed by atoms with Crippen LogP contribution in [0.3, 0.4) is 0 Å². The lowest BCUT2D eigenvalue weighted by Crippen LogP contribution is -2.30. The van der Waals surface area contributed by atoms with Crippen LogP contribution in [0.4, 0.5) is 0 Å². The monoisotopic (exact) mass is 263 g/mol. The van der Waals surface area contributed by atoms with E-state index in [2.05, 4.69) is 19.2 Å². The summed E-state index contributed by atoms with van der Waals surface area (Å²) in [6.07, 6.45) is 1.49. The molecular weight excluding hydrogens is 238 g/mol. The average molecular weight is 263 g/mol. The quantitative estimate of drug-likeness (QED) is 0.723. The van der Waals surface area contributed by atoms with E-state index in [1.807, 2.05) is 6.92 Å². The second kappa shape index (κ2) is 7.69. The third-order valence-electron chi connectivity index (χ3n) is 2.58. The molecule has 0 bridgehead atoms. The first-order valence-corrected chi connectivity index (χ1v) is 8.06. The minimum absolute atomic E-state index is 0.0355. The van der Waals surface area contributed by atoms with Crippen LogP contribution in [0.1, 0.15) is 40.5 Å². The van der Waals surface area contributed by atoms with Crippen molar-refractivity contribution in [2.45, 2.75) is 40.5 Å². The van der Waals surface area contributed by atoms with Gasteiger partial charge in [0.25, 0.3) is 0 Å². The number of carbonyl (C=O) groups excluding carboxylic acids is 1. The molecule has 17 heavy (non-hydrogen) atoms. The van der Waals surface area contributed by atoms with Crippen molar-refractivity contribution in [1.82, 2.24) is 5.32 Å². The molecule has 0 fully saturated rings. The molecule has 0 spiro atoms. The molecule has 4 nitrogen and oxygen atoms in total. The Bertz CT molecular complexity index is 323. The highest BCUT2D eigenvalue weighted by Gasteiger charge is 2.12. The third-order valence-corrected chi connectivity index (χ3v) is 4.29. The van der Waals surface area contributed by atoms with Gasteiger partial charge in [0, 0.05) is 18.7 Å². The lowest BCUT2D eigenvalue weighted by molar-refractivity contribution is -0.121. The number of carbonyl (C=O) groups is 1. The van der Waals surface area contributed by atoms with Gasteiger partial charge in [0.1, 0.15) is 0 Å². The van der Waals surface area contributed by atoms with E-state index in [9.17, 15) is 13.2 Å². The summed E-state index contributed by atoms with van der Waals surface area (Å²) in [5.74, 6) is 1.04. The van der Waals surface area contributed by atoms with E-state index in [-0.39, 0.29) is 24.0 Å². The Hall–Kier alpha value is -0.580. The predicted molar refractivity (Wildman–Crippen MR) is 70.6 cm³/mol. The molecule has 5 heteroatoms. The summed E-state index contributed by atoms with van der Waals surface area (Å²) in [7, 11) is -2.98. The number of nitrogens with one attached hydrogen (secondary N) is 1. The maximum atomic E-state index is 11.5. The highest BCUT2D eigenvalue weighted by molar-refractivity contribution is 7.91. The van der Waals surface area contributed by atoms with E-state index in [4.69, 9.17) is 0 Å². The summed E-state index contributed by atoms with van der Waals surface area (Å²) in [6.45, 7) is 8.14. The number of rotatable bonds is 8. The smallest absolute Gasteiger partial charge is 0.220 e. The molecule has 0 aromatic heterocycles. The van der Waals surface area contributed by atoms with Crippen LogP contribution in [-0.4, -0.2) is 32.4 Å². The third kappa shape index (κ3) is 9.15. The minimum atomic E-state index is -2.98. The van der Waals surface area contributed by atoms with Crippen molar-refractivity contribution in [3.05, 3.63) is 0 Å². The molecule has 0 saturated heterocycles. The highest BCUT2D eigenvalue weighted by Crippen LogP contribution is 2.13. The van der Waals surface area contributed by atoms with Gasteiger partial charge in [0.05, 0.1) is 5.75 Å². The zero-order chi connectivity index (χ0) is 13.5. The van der Waals surface area contributed by atoms with Gasteiger partial charge in [-0.15, -0.1) is 0 Å². The molecule has 102 valence electrons. The summed E-state index contributed by atoms with van der Waals surface area (Å²) in [4.78, 5) is 11.5. The maximum absolute atomic E-state index is 11.5. The first kappa shape index (κ1) is 16.4. The molecule has 0 aromatic rings. The number of hydrogen-bond donors (Lipinski definition) is 1. The summed E-state index contributed by atoms with van der Waals surface area (Å²) in [6, 6.07) is 0. The molecule has 0 aliphatic rings. The minimum Gasteiger partial charge on any atom is -0.355 e. The fourth-order valence-electron chi connectivity index (χ4n) is 1.77. The lowest BCUT2D eigenvalue weighted by Gasteiger charge is -2.13. The molecule has 0 aliphatic carbocycles. The molecule has 0 heterocycles. The van der Waals surface area contributed by atoms with Gasteiger partial charge in [-0.2, -0.15) is 0 Å². The van der Waals surface area contributed by atoms with E-state index < -0.39 is 9.84 Å². The van der Waals surface area contributed by atoms with Crippen LogP contribution in [-0.2, 0) is 14.6 Å². The van der Waals surface area contributed by atoms with Gasteiger partial charge in [-0.3, -0.25) is 4.79 Å². The van der Waals surface area contributed by atoms with Crippen molar-refractivity contribution >= 4 is 15.7 Å². The van der Waals surface area contributed by atoms with E-state index in [0.29, 0.717) is 18.3 Å². The van der Waals surface area contributed by atoms with Crippen LogP contribution in [0.5, 0.6) is 0 Å². The Kier molecular flexibility index (Phi) is 7.43. The number of hydrogen-bond acceptors (Lipinski definition) is 3. The van der Waals surface area contributed by atoms with Crippen LogP contribution < -0.4 is 5.32 Å². The average Bonchev–Trinajstić information content (AvgIpc) is 2.15. The van der Waals surface area contributed by atoms with Gasteiger partial charge in [-0.25, -0.2) is 8.42 Å². The largest absolute Gasteiger partial charge is 0.355 e. The first-order valence-electron chi connectivity index (χ1n) is 6.24. The molecule has 1 atom stereocenters. The number of amides is 1. The van der Waals surface area contributed by atoms with Crippen LogP contribution >= 0.6 is 0 Å². The van der Waals surface area contributed by atoms with E-state index in [0.717, 1.165) is 6.42 Å². The molecule has 1 amide bonds. The molecule has 0 saturated carbocycles. The van der Waals surface area contributed by atoms with Crippen molar-refractivity contribution in [3.8, 4) is 0 Å². The van der Waals surface area contributed by atoms with Crippen LogP contribution in [0, 0.1) is 11.8 Å². The van der Waals surface area contributed by atoms with E-state index in [1.54, 1.807) is 6.92 Å². The fourth-order valence-corrected chi connectivity index (χ4v) is 2.47. The normalized spacial score (nSPS) is 13.7. The molecular formula is C12H25NO3S. The van der Waals surface area contributed by atoms with Crippen molar-refractivity contribution in [1.29, 1.82) is 0 Å². The second-order valence-corrected chi connectivity index (χ2v) is 7.50. The zero-order valence-corrected chi connectivity index (χ0v) is 12.1. The Morgan fingerprint density at radius 2 is 1.82 bits per heavy atom. The molecule has 0 aliphatic heterocycles. The van der Waals surface area contributed by atoms with Crippen LogP contribution in [0.25, 0.3) is 0 Å². The molecule has 0 rings (SSSR count). The Balaban J connectivity index is 3.81. The van der Waals surface area contributed by atoms with Crippen LogP contribution in [0.15, 0.2) is 0 Å². The van der Waals surface area contributed by atoms with Gasteiger partial charge in [0.15, 0.2) is 9.84 Å². The zero-order valence-electron chi connectivity index (χ0n) is 11.3. The standard InChI is InChI=1S/C12H25NO3S/c1-5-17(15,16)7-6-13-12(14)9-11(4)8-10(2)3/h10-11H,5-9H2,1-4H3,(H,13,14). The van der Waals surface area contributed by atoms with Crippen molar-refractivity contribution in [2.75, 3.05) is 18.1 Å². The van der Waals surface area contributed by atoms with Crippen molar-refractivity contribution in [2.24, 2.45) is 11.8 Å². The lowest BCUT2D eigenvalue weighted by atomic mass is 9.96. The molecule has 1 unspecified atom stereocenters. The summed E-state index contributed by atoms with van der Waals surface area (Å²) in [5.41, 5.74) is 0. The highest BCUT2D eigenvalue weighted by atomic mass is 32.2. The van der Waals surface area contributed by atoms with Gasteiger partial charge < -0.3 is 5.32 Å². The number of sulfone groups is 1. The van der Waals surface area contributed by atoms with Gasteiger partial charge in [-0.05, 0) is 18.3 Å². The second-order valence-electron chi connectivity index (χ2n) is 5.03. The maximum Gasteiger partial charge on any atom is 0.220 e.